The molecule has 2 aromatic carbocycles. The van der Waals surface area contributed by atoms with E-state index in [0.29, 0.717) is 26.2 Å². The molecule has 7 heteroatoms. The van der Waals surface area contributed by atoms with Crippen molar-refractivity contribution in [3.63, 3.8) is 0 Å². The number of carbonyl (C=O) groups excluding carboxylic acids is 2. The quantitative estimate of drug-likeness (QED) is 0.644. The maximum atomic E-state index is 12.6. The van der Waals surface area contributed by atoms with Crippen molar-refractivity contribution in [3.05, 3.63) is 71.8 Å². The smallest absolute Gasteiger partial charge is 0.410 e. The van der Waals surface area contributed by atoms with E-state index in [-0.39, 0.29) is 24.8 Å². The largest absolute Gasteiger partial charge is 0.444 e. The van der Waals surface area contributed by atoms with Crippen molar-refractivity contribution in [3.8, 4) is 12.3 Å². The first-order valence-electron chi connectivity index (χ1n) is 11.5. The van der Waals surface area contributed by atoms with Gasteiger partial charge in [-0.3, -0.25) is 4.90 Å². The van der Waals surface area contributed by atoms with Gasteiger partial charge in [0, 0.05) is 26.2 Å². The van der Waals surface area contributed by atoms with E-state index in [2.05, 4.69) is 28.3 Å². The van der Waals surface area contributed by atoms with Crippen molar-refractivity contribution >= 4 is 12.2 Å². The van der Waals surface area contributed by atoms with Crippen molar-refractivity contribution in [2.24, 2.45) is 0 Å². The second-order valence-electron chi connectivity index (χ2n) is 9.17. The zero-order valence-electron chi connectivity index (χ0n) is 20.1. The summed E-state index contributed by atoms with van der Waals surface area (Å²) in [7, 11) is 0. The van der Waals surface area contributed by atoms with Crippen LogP contribution in [0.25, 0.3) is 0 Å². The Labute approximate surface area is 202 Å². The lowest BCUT2D eigenvalue weighted by Crippen LogP contribution is -2.52. The third-order valence-electron chi connectivity index (χ3n) is 5.53. The lowest BCUT2D eigenvalue weighted by atomic mass is 9.91. The van der Waals surface area contributed by atoms with Crippen molar-refractivity contribution in [1.29, 1.82) is 0 Å². The second kappa shape index (κ2) is 11.6. The molecule has 1 N–H and O–H groups in total. The molecule has 1 aliphatic rings. The van der Waals surface area contributed by atoms with Crippen LogP contribution in [-0.4, -0.2) is 60.4 Å². The van der Waals surface area contributed by atoms with Gasteiger partial charge in [0.2, 0.25) is 0 Å². The van der Waals surface area contributed by atoms with Crippen LogP contribution in [0.2, 0.25) is 0 Å². The predicted molar refractivity (Wildman–Crippen MR) is 131 cm³/mol. The van der Waals surface area contributed by atoms with Crippen LogP contribution in [0.4, 0.5) is 9.59 Å². The van der Waals surface area contributed by atoms with Crippen LogP contribution in [0, 0.1) is 12.3 Å². The molecular formula is C27H33N3O4. The van der Waals surface area contributed by atoms with Gasteiger partial charge in [0.25, 0.3) is 0 Å². The summed E-state index contributed by atoms with van der Waals surface area (Å²) in [6.45, 7) is 7.80. The van der Waals surface area contributed by atoms with Crippen molar-refractivity contribution < 1.29 is 19.1 Å². The minimum Gasteiger partial charge on any atom is -0.444 e. The molecule has 1 heterocycles. The first-order valence-corrected chi connectivity index (χ1v) is 11.5. The van der Waals surface area contributed by atoms with Gasteiger partial charge in [-0.05, 0) is 31.9 Å². The maximum absolute atomic E-state index is 12.6. The average molecular weight is 464 g/mol. The number of benzene rings is 2. The molecule has 0 aromatic heterocycles. The Kier molecular flexibility index (Phi) is 8.55. The average Bonchev–Trinajstić information content (AvgIpc) is 2.83. The van der Waals surface area contributed by atoms with Gasteiger partial charge in [-0.25, -0.2) is 9.59 Å². The minimum absolute atomic E-state index is 0.0993. The van der Waals surface area contributed by atoms with Crippen molar-refractivity contribution in [2.45, 2.75) is 38.5 Å². The normalized spacial score (nSPS) is 16.1. The van der Waals surface area contributed by atoms with Gasteiger partial charge in [-0.15, -0.1) is 6.42 Å². The Bertz CT molecular complexity index is 974. The van der Waals surface area contributed by atoms with Gasteiger partial charge in [-0.1, -0.05) is 66.6 Å². The fourth-order valence-corrected chi connectivity index (χ4v) is 4.05. The highest BCUT2D eigenvalue weighted by Gasteiger charge is 2.35. The van der Waals surface area contributed by atoms with E-state index in [1.165, 1.54) is 0 Å². The van der Waals surface area contributed by atoms with Gasteiger partial charge in [0.05, 0.1) is 12.1 Å². The van der Waals surface area contributed by atoms with E-state index in [1.54, 1.807) is 4.90 Å². The zero-order valence-corrected chi connectivity index (χ0v) is 20.1. The van der Waals surface area contributed by atoms with Gasteiger partial charge in [-0.2, -0.15) is 0 Å². The van der Waals surface area contributed by atoms with E-state index >= 15 is 0 Å². The molecule has 3 rings (SSSR count). The lowest BCUT2D eigenvalue weighted by molar-refractivity contribution is 0.00789. The molecule has 2 aromatic rings. The molecule has 0 saturated carbocycles. The molecule has 2 amide bonds. The lowest BCUT2D eigenvalue weighted by Gasteiger charge is -2.42. The molecule has 7 nitrogen and oxygen atoms in total. The first kappa shape index (κ1) is 25.1. The van der Waals surface area contributed by atoms with Crippen LogP contribution >= 0.6 is 0 Å². The molecule has 0 radical (unpaired) electrons. The van der Waals surface area contributed by atoms with Crippen molar-refractivity contribution in [1.82, 2.24) is 15.1 Å². The molecule has 1 fully saturated rings. The Balaban J connectivity index is 1.86. The SMILES string of the molecule is C#CCOC(=O)NC(c1ccccc1)C(c1ccccc1)N1CCN(C(=O)OC(C)(C)C)CC1. The Hall–Kier alpha value is -3.50. The van der Waals surface area contributed by atoms with Crippen LogP contribution in [0.3, 0.4) is 0 Å². The van der Waals surface area contributed by atoms with Crippen LogP contribution in [0.5, 0.6) is 0 Å². The summed E-state index contributed by atoms with van der Waals surface area (Å²) in [5.41, 5.74) is 1.46. The number of nitrogens with zero attached hydrogens (tertiary/aromatic N) is 2. The van der Waals surface area contributed by atoms with E-state index in [9.17, 15) is 9.59 Å². The maximum Gasteiger partial charge on any atom is 0.410 e. The number of rotatable bonds is 6. The Morgan fingerprint density at radius 3 is 2.06 bits per heavy atom. The van der Waals surface area contributed by atoms with Gasteiger partial charge in [0.1, 0.15) is 5.60 Å². The monoisotopic (exact) mass is 463 g/mol. The molecule has 34 heavy (non-hydrogen) atoms. The highest BCUT2D eigenvalue weighted by molar-refractivity contribution is 5.69. The molecule has 180 valence electrons. The number of terminal acetylenes is 1. The number of nitrogens with one attached hydrogen (secondary N) is 1. The van der Waals surface area contributed by atoms with Gasteiger partial charge >= 0.3 is 12.2 Å². The summed E-state index contributed by atoms with van der Waals surface area (Å²) in [6.07, 6.45) is 4.38. The molecule has 2 atom stereocenters. The van der Waals surface area contributed by atoms with Gasteiger partial charge in [0.15, 0.2) is 6.61 Å². The third kappa shape index (κ3) is 7.00. The van der Waals surface area contributed by atoms with E-state index in [0.717, 1.165) is 11.1 Å². The molecule has 1 aliphatic heterocycles. The number of amides is 2. The summed E-state index contributed by atoms with van der Waals surface area (Å²) in [5, 5.41) is 3.03. The number of ether oxygens (including phenoxy) is 2. The summed E-state index contributed by atoms with van der Waals surface area (Å²) in [6, 6.07) is 19.3. The summed E-state index contributed by atoms with van der Waals surface area (Å²) >= 11 is 0. The molecule has 0 bridgehead atoms. The number of alkyl carbamates (subject to hydrolysis) is 1. The highest BCUT2D eigenvalue weighted by Crippen LogP contribution is 2.35. The number of carbonyl (C=O) groups is 2. The fraction of sp³-hybridized carbons (Fsp3) is 0.407. The molecule has 0 aliphatic carbocycles. The van der Waals surface area contributed by atoms with Gasteiger partial charge < -0.3 is 19.7 Å². The predicted octanol–water partition coefficient (Wildman–Crippen LogP) is 4.38. The molecule has 0 spiro atoms. The summed E-state index contributed by atoms with van der Waals surface area (Å²) in [4.78, 5) is 29.1. The topological polar surface area (TPSA) is 71.1 Å². The first-order chi connectivity index (χ1) is 16.3. The van der Waals surface area contributed by atoms with Crippen LogP contribution < -0.4 is 5.32 Å². The van der Waals surface area contributed by atoms with Crippen LogP contribution in [0.1, 0.15) is 44.0 Å². The van der Waals surface area contributed by atoms with Crippen LogP contribution in [-0.2, 0) is 9.47 Å². The second-order valence-corrected chi connectivity index (χ2v) is 9.17. The Morgan fingerprint density at radius 1 is 0.971 bits per heavy atom. The van der Waals surface area contributed by atoms with Crippen LogP contribution in [0.15, 0.2) is 60.7 Å². The number of hydrogen-bond donors (Lipinski definition) is 1. The van der Waals surface area contributed by atoms with E-state index in [4.69, 9.17) is 15.9 Å². The van der Waals surface area contributed by atoms with E-state index in [1.807, 2.05) is 69.3 Å². The highest BCUT2D eigenvalue weighted by atomic mass is 16.6. The number of piperazine rings is 1. The van der Waals surface area contributed by atoms with Crippen molar-refractivity contribution in [2.75, 3.05) is 32.8 Å². The molecular weight excluding hydrogens is 430 g/mol. The third-order valence-corrected chi connectivity index (χ3v) is 5.53. The minimum atomic E-state index is -0.569. The number of hydrogen-bond acceptors (Lipinski definition) is 5. The summed E-state index contributed by atoms with van der Waals surface area (Å²) < 4.78 is 10.7. The zero-order chi connectivity index (χ0) is 24.6. The standard InChI is InChI=1S/C27H33N3O4/c1-5-20-33-25(31)28-23(21-12-8-6-9-13-21)24(22-14-10-7-11-15-22)29-16-18-30(19-17-29)26(32)34-27(2,3)4/h1,6-15,23-24H,16-20H2,2-4H3,(H,28,31). The Morgan fingerprint density at radius 2 is 1.53 bits per heavy atom. The molecule has 2 unspecified atom stereocenters. The fourth-order valence-electron chi connectivity index (χ4n) is 4.05. The van der Waals surface area contributed by atoms with E-state index < -0.39 is 11.7 Å². The molecule has 1 saturated heterocycles. The summed E-state index contributed by atoms with van der Waals surface area (Å²) in [5.74, 6) is 2.32.